The highest BCUT2D eigenvalue weighted by Crippen LogP contribution is 2.69. The van der Waals surface area contributed by atoms with Crippen molar-refractivity contribution < 1.29 is 0 Å². The summed E-state index contributed by atoms with van der Waals surface area (Å²) in [5.74, 6) is 2.05. The van der Waals surface area contributed by atoms with Crippen LogP contribution >= 0.6 is 0 Å². The lowest BCUT2D eigenvalue weighted by molar-refractivity contribution is -0.152. The molecule has 4 fully saturated rings. The number of hydrogen-bond acceptors (Lipinski definition) is 1. The summed E-state index contributed by atoms with van der Waals surface area (Å²) in [6, 6.07) is 0. The molecule has 2 N–H and O–H groups in total. The summed E-state index contributed by atoms with van der Waals surface area (Å²) in [7, 11) is 0. The van der Waals surface area contributed by atoms with Gasteiger partial charge in [0.25, 0.3) is 0 Å². The Bertz CT molecular complexity index is 291. The highest BCUT2D eigenvalue weighted by Gasteiger charge is 2.60. The van der Waals surface area contributed by atoms with Crippen molar-refractivity contribution in [3.05, 3.63) is 0 Å². The predicted molar refractivity (Wildman–Crippen MR) is 68.1 cm³/mol. The van der Waals surface area contributed by atoms with Crippen molar-refractivity contribution >= 4 is 0 Å². The minimum absolute atomic E-state index is 0.353. The standard InChI is InChI=1S/C15H27N/c1-13(2,10-16)15-7-11-4-12(8-15)6-14(3,5-11)9-15/h11-12H,4-10,16H2,1-3H3. The van der Waals surface area contributed by atoms with Crippen molar-refractivity contribution in [3.8, 4) is 0 Å². The first-order valence-electron chi connectivity index (χ1n) is 7.08. The molecule has 2 atom stereocenters. The monoisotopic (exact) mass is 221 g/mol. The first-order valence-corrected chi connectivity index (χ1v) is 7.08. The van der Waals surface area contributed by atoms with Crippen LogP contribution in [0.5, 0.6) is 0 Å². The van der Waals surface area contributed by atoms with Gasteiger partial charge in [-0.25, -0.2) is 0 Å². The highest BCUT2D eigenvalue weighted by atomic mass is 14.7. The fourth-order valence-corrected chi connectivity index (χ4v) is 5.73. The van der Waals surface area contributed by atoms with Gasteiger partial charge in [0.1, 0.15) is 0 Å². The molecule has 4 saturated carbocycles. The molecule has 4 rings (SSSR count). The smallest absolute Gasteiger partial charge is 0.00205 e. The lowest BCUT2D eigenvalue weighted by Crippen LogP contribution is -2.57. The average Bonchev–Trinajstić information content (AvgIpc) is 2.13. The summed E-state index contributed by atoms with van der Waals surface area (Å²) in [4.78, 5) is 0. The molecule has 2 unspecified atom stereocenters. The van der Waals surface area contributed by atoms with Crippen LogP contribution in [0.4, 0.5) is 0 Å². The van der Waals surface area contributed by atoms with Gasteiger partial charge in [-0.3, -0.25) is 0 Å². The van der Waals surface area contributed by atoms with E-state index in [2.05, 4.69) is 20.8 Å². The molecule has 1 nitrogen and oxygen atoms in total. The highest BCUT2D eigenvalue weighted by molar-refractivity contribution is 5.10. The zero-order chi connectivity index (χ0) is 11.6. The van der Waals surface area contributed by atoms with Gasteiger partial charge >= 0.3 is 0 Å². The van der Waals surface area contributed by atoms with E-state index in [0.29, 0.717) is 16.2 Å². The number of rotatable bonds is 2. The Balaban J connectivity index is 1.98. The summed E-state index contributed by atoms with van der Waals surface area (Å²) in [6.45, 7) is 8.25. The van der Waals surface area contributed by atoms with E-state index in [-0.39, 0.29) is 0 Å². The maximum atomic E-state index is 6.07. The lowest BCUT2D eigenvalue weighted by atomic mass is 9.39. The van der Waals surface area contributed by atoms with Crippen LogP contribution < -0.4 is 5.73 Å². The first kappa shape index (κ1) is 11.1. The molecular formula is C15H27N. The van der Waals surface area contributed by atoms with Crippen LogP contribution in [-0.4, -0.2) is 6.54 Å². The topological polar surface area (TPSA) is 26.0 Å². The second kappa shape index (κ2) is 3.04. The van der Waals surface area contributed by atoms with Gasteiger partial charge < -0.3 is 5.73 Å². The summed E-state index contributed by atoms with van der Waals surface area (Å²) in [6.07, 6.45) is 8.94. The van der Waals surface area contributed by atoms with Gasteiger partial charge in [-0.15, -0.1) is 0 Å². The second-order valence-corrected chi connectivity index (χ2v) is 8.14. The third kappa shape index (κ3) is 1.33. The van der Waals surface area contributed by atoms with Crippen LogP contribution in [0.2, 0.25) is 0 Å². The van der Waals surface area contributed by atoms with Gasteiger partial charge in [-0.2, -0.15) is 0 Å². The summed E-state index contributed by atoms with van der Waals surface area (Å²) < 4.78 is 0. The van der Waals surface area contributed by atoms with Crippen molar-refractivity contribution in [2.24, 2.45) is 33.8 Å². The van der Waals surface area contributed by atoms with Gasteiger partial charge in [0.05, 0.1) is 0 Å². The lowest BCUT2D eigenvalue weighted by Gasteiger charge is -2.66. The van der Waals surface area contributed by atoms with E-state index in [1.165, 1.54) is 38.5 Å². The predicted octanol–water partition coefficient (Wildman–Crippen LogP) is 3.58. The van der Waals surface area contributed by atoms with Crippen LogP contribution in [-0.2, 0) is 0 Å². The van der Waals surface area contributed by atoms with Crippen LogP contribution in [0, 0.1) is 28.1 Å². The summed E-state index contributed by atoms with van der Waals surface area (Å²) >= 11 is 0. The van der Waals surface area contributed by atoms with Gasteiger partial charge in [0, 0.05) is 0 Å². The van der Waals surface area contributed by atoms with E-state index in [9.17, 15) is 0 Å². The maximum Gasteiger partial charge on any atom is -0.00205 e. The van der Waals surface area contributed by atoms with Gasteiger partial charge in [-0.05, 0) is 73.2 Å². The Kier molecular flexibility index (Phi) is 2.11. The Morgan fingerprint density at radius 3 is 2.12 bits per heavy atom. The van der Waals surface area contributed by atoms with E-state index >= 15 is 0 Å². The van der Waals surface area contributed by atoms with E-state index in [0.717, 1.165) is 18.4 Å². The molecule has 16 heavy (non-hydrogen) atoms. The summed E-state index contributed by atoms with van der Waals surface area (Å²) in [5, 5.41) is 0. The zero-order valence-corrected chi connectivity index (χ0v) is 11.2. The molecule has 0 aromatic carbocycles. The quantitative estimate of drug-likeness (QED) is 0.758. The fourth-order valence-electron chi connectivity index (χ4n) is 5.73. The molecule has 0 spiro atoms. The second-order valence-electron chi connectivity index (χ2n) is 8.14. The van der Waals surface area contributed by atoms with Gasteiger partial charge in [0.15, 0.2) is 0 Å². The number of nitrogens with two attached hydrogens (primary N) is 1. The van der Waals surface area contributed by atoms with E-state index in [1.54, 1.807) is 0 Å². The first-order chi connectivity index (χ1) is 7.38. The van der Waals surface area contributed by atoms with Gasteiger partial charge in [-0.1, -0.05) is 20.8 Å². The van der Waals surface area contributed by atoms with Crippen LogP contribution in [0.15, 0.2) is 0 Å². The fraction of sp³-hybridized carbons (Fsp3) is 1.00. The largest absolute Gasteiger partial charge is 0.330 e. The van der Waals surface area contributed by atoms with Crippen molar-refractivity contribution in [2.75, 3.05) is 6.54 Å². The molecule has 4 aliphatic carbocycles. The Labute approximate surface area is 100 Å². The Morgan fingerprint density at radius 2 is 1.69 bits per heavy atom. The van der Waals surface area contributed by atoms with Crippen molar-refractivity contribution in [3.63, 3.8) is 0 Å². The molecule has 0 amide bonds. The third-order valence-electron chi connectivity index (χ3n) is 6.30. The SMILES string of the molecule is CC12CC3CC(C1)CC(C(C)(C)CN)(C3)C2. The third-order valence-corrected chi connectivity index (χ3v) is 6.30. The molecular weight excluding hydrogens is 194 g/mol. The van der Waals surface area contributed by atoms with E-state index in [1.807, 2.05) is 0 Å². The minimum atomic E-state index is 0.353. The molecule has 92 valence electrons. The van der Waals surface area contributed by atoms with E-state index in [4.69, 9.17) is 5.73 Å². The van der Waals surface area contributed by atoms with Crippen LogP contribution in [0.1, 0.15) is 59.3 Å². The van der Waals surface area contributed by atoms with Gasteiger partial charge in [0.2, 0.25) is 0 Å². The Morgan fingerprint density at radius 1 is 1.12 bits per heavy atom. The van der Waals surface area contributed by atoms with E-state index < -0.39 is 0 Å². The van der Waals surface area contributed by atoms with Crippen LogP contribution in [0.25, 0.3) is 0 Å². The molecule has 0 heterocycles. The maximum absolute atomic E-state index is 6.07. The molecule has 0 radical (unpaired) electrons. The molecule has 0 aliphatic heterocycles. The Hall–Kier alpha value is -0.0400. The van der Waals surface area contributed by atoms with Crippen molar-refractivity contribution in [2.45, 2.75) is 59.3 Å². The normalized spacial score (nSPS) is 51.0. The number of hydrogen-bond donors (Lipinski definition) is 1. The minimum Gasteiger partial charge on any atom is -0.330 e. The molecule has 0 aromatic rings. The molecule has 1 heteroatoms. The van der Waals surface area contributed by atoms with Crippen molar-refractivity contribution in [1.29, 1.82) is 0 Å². The zero-order valence-electron chi connectivity index (χ0n) is 11.2. The molecule has 0 aromatic heterocycles. The molecule has 4 bridgehead atoms. The molecule has 4 aliphatic rings. The average molecular weight is 221 g/mol. The van der Waals surface area contributed by atoms with Crippen LogP contribution in [0.3, 0.4) is 0 Å². The van der Waals surface area contributed by atoms with Crippen molar-refractivity contribution in [1.82, 2.24) is 0 Å². The molecule has 0 saturated heterocycles. The summed E-state index contributed by atoms with van der Waals surface area (Å²) in [5.41, 5.74) is 7.67.